The first-order valence-corrected chi connectivity index (χ1v) is 6.03. The number of carbonyl (C=O) groups is 1. The number of hydrogen-bond donors (Lipinski definition) is 1. The van der Waals surface area contributed by atoms with Crippen LogP contribution in [0.1, 0.15) is 40.0 Å². The maximum Gasteiger partial charge on any atom is 0.225 e. The molecule has 0 aromatic carbocycles. The van der Waals surface area contributed by atoms with Crippen molar-refractivity contribution in [1.29, 1.82) is 0 Å². The Bertz CT molecular complexity index is 218. The average Bonchev–Trinajstić information content (AvgIpc) is 2.21. The highest BCUT2D eigenvalue weighted by atomic mass is 16.3. The molecule has 3 unspecified atom stereocenters. The maximum absolute atomic E-state index is 12.0. The molecule has 3 nitrogen and oxygen atoms in total. The first kappa shape index (κ1) is 12.5. The number of likely N-dealkylation sites (tertiary alicyclic amines) is 1. The van der Waals surface area contributed by atoms with E-state index in [0.29, 0.717) is 6.54 Å². The molecule has 1 N–H and O–H groups in total. The van der Waals surface area contributed by atoms with Crippen molar-refractivity contribution in [1.82, 2.24) is 4.90 Å². The molecule has 1 heterocycles. The highest BCUT2D eigenvalue weighted by molar-refractivity contribution is 5.78. The first-order chi connectivity index (χ1) is 7.06. The predicted octanol–water partition coefficient (Wildman–Crippen LogP) is 1.65. The predicted molar refractivity (Wildman–Crippen MR) is 60.4 cm³/mol. The third-order valence-corrected chi connectivity index (χ3v) is 3.31. The van der Waals surface area contributed by atoms with Crippen molar-refractivity contribution in [2.24, 2.45) is 11.8 Å². The van der Waals surface area contributed by atoms with Crippen molar-refractivity contribution in [3.05, 3.63) is 0 Å². The molecule has 88 valence electrons. The Morgan fingerprint density at radius 2 is 2.27 bits per heavy atom. The van der Waals surface area contributed by atoms with E-state index in [1.165, 1.54) is 0 Å². The minimum Gasteiger partial charge on any atom is -0.393 e. The second-order valence-electron chi connectivity index (χ2n) is 4.81. The molecule has 1 rings (SSSR count). The zero-order chi connectivity index (χ0) is 11.4. The normalized spacial score (nSPS) is 28.9. The number of piperidine rings is 1. The number of nitrogens with zero attached hydrogens (tertiary/aromatic N) is 1. The molecule has 0 radical (unpaired) electrons. The van der Waals surface area contributed by atoms with E-state index < -0.39 is 0 Å². The van der Waals surface area contributed by atoms with Gasteiger partial charge in [0.1, 0.15) is 0 Å². The number of aliphatic hydroxyl groups is 1. The quantitative estimate of drug-likeness (QED) is 0.774. The van der Waals surface area contributed by atoms with Crippen LogP contribution in [0.3, 0.4) is 0 Å². The molecule has 0 aliphatic carbocycles. The van der Waals surface area contributed by atoms with Gasteiger partial charge in [-0.3, -0.25) is 4.79 Å². The molecule has 0 aromatic heterocycles. The van der Waals surface area contributed by atoms with Crippen LogP contribution in [-0.2, 0) is 4.79 Å². The molecule has 0 spiro atoms. The Hall–Kier alpha value is -0.570. The third kappa shape index (κ3) is 3.20. The average molecular weight is 213 g/mol. The van der Waals surface area contributed by atoms with Gasteiger partial charge in [0.2, 0.25) is 5.91 Å². The van der Waals surface area contributed by atoms with E-state index in [0.717, 1.165) is 25.8 Å². The Balaban J connectivity index is 2.47. The minimum absolute atomic E-state index is 0.137. The maximum atomic E-state index is 12.0. The molecule has 1 aliphatic heterocycles. The zero-order valence-corrected chi connectivity index (χ0v) is 10.1. The van der Waals surface area contributed by atoms with Crippen LogP contribution < -0.4 is 0 Å². The second-order valence-corrected chi connectivity index (χ2v) is 4.81. The fraction of sp³-hybridized carbons (Fsp3) is 0.917. The molecule has 0 saturated carbocycles. The van der Waals surface area contributed by atoms with E-state index in [1.54, 1.807) is 0 Å². The summed E-state index contributed by atoms with van der Waals surface area (Å²) in [6, 6.07) is 0. The van der Waals surface area contributed by atoms with Gasteiger partial charge < -0.3 is 10.0 Å². The van der Waals surface area contributed by atoms with Crippen molar-refractivity contribution in [3.63, 3.8) is 0 Å². The molecular weight excluding hydrogens is 190 g/mol. The zero-order valence-electron chi connectivity index (χ0n) is 10.1. The van der Waals surface area contributed by atoms with Crippen molar-refractivity contribution in [2.75, 3.05) is 13.1 Å². The van der Waals surface area contributed by atoms with Gasteiger partial charge in [-0.15, -0.1) is 0 Å². The number of rotatable bonds is 3. The molecule has 1 aliphatic rings. The van der Waals surface area contributed by atoms with Gasteiger partial charge in [-0.25, -0.2) is 0 Å². The summed E-state index contributed by atoms with van der Waals surface area (Å²) in [5, 5.41) is 9.58. The highest BCUT2D eigenvalue weighted by Crippen LogP contribution is 2.19. The third-order valence-electron chi connectivity index (χ3n) is 3.31. The number of hydrogen-bond acceptors (Lipinski definition) is 2. The Labute approximate surface area is 92.5 Å². The lowest BCUT2D eigenvalue weighted by atomic mass is 9.95. The Kier molecular flexibility index (Phi) is 4.58. The summed E-state index contributed by atoms with van der Waals surface area (Å²) in [5.41, 5.74) is 0. The monoisotopic (exact) mass is 213 g/mol. The SMILES string of the molecule is CCCC(C)C(=O)N1CCC(O)C(C)C1. The Morgan fingerprint density at radius 3 is 2.80 bits per heavy atom. The van der Waals surface area contributed by atoms with Gasteiger partial charge in [0.25, 0.3) is 0 Å². The van der Waals surface area contributed by atoms with E-state index in [2.05, 4.69) is 6.92 Å². The van der Waals surface area contributed by atoms with Crippen molar-refractivity contribution >= 4 is 5.91 Å². The van der Waals surface area contributed by atoms with Gasteiger partial charge >= 0.3 is 0 Å². The smallest absolute Gasteiger partial charge is 0.225 e. The highest BCUT2D eigenvalue weighted by Gasteiger charge is 2.28. The number of amides is 1. The first-order valence-electron chi connectivity index (χ1n) is 6.03. The fourth-order valence-electron chi connectivity index (χ4n) is 2.20. The molecule has 1 fully saturated rings. The van der Waals surface area contributed by atoms with Crippen LogP contribution >= 0.6 is 0 Å². The second kappa shape index (κ2) is 5.50. The lowest BCUT2D eigenvalue weighted by Crippen LogP contribution is -2.46. The molecule has 3 heteroatoms. The largest absolute Gasteiger partial charge is 0.393 e. The fourth-order valence-corrected chi connectivity index (χ4v) is 2.20. The summed E-state index contributed by atoms with van der Waals surface area (Å²) in [6.45, 7) is 7.55. The lowest BCUT2D eigenvalue weighted by molar-refractivity contribution is -0.138. The van der Waals surface area contributed by atoms with E-state index in [4.69, 9.17) is 0 Å². The molecule has 1 saturated heterocycles. The number of carbonyl (C=O) groups excluding carboxylic acids is 1. The van der Waals surface area contributed by atoms with Crippen LogP contribution in [0.2, 0.25) is 0 Å². The number of aliphatic hydroxyl groups excluding tert-OH is 1. The van der Waals surface area contributed by atoms with Gasteiger partial charge in [-0.1, -0.05) is 27.2 Å². The summed E-state index contributed by atoms with van der Waals surface area (Å²) < 4.78 is 0. The van der Waals surface area contributed by atoms with E-state index >= 15 is 0 Å². The van der Waals surface area contributed by atoms with Crippen LogP contribution in [0.25, 0.3) is 0 Å². The van der Waals surface area contributed by atoms with Crippen LogP contribution in [-0.4, -0.2) is 35.1 Å². The van der Waals surface area contributed by atoms with Gasteiger partial charge in [-0.2, -0.15) is 0 Å². The minimum atomic E-state index is -0.226. The van der Waals surface area contributed by atoms with Crippen molar-refractivity contribution < 1.29 is 9.90 Å². The molecule has 15 heavy (non-hydrogen) atoms. The standard InChI is InChI=1S/C12H23NO2/c1-4-5-9(2)12(15)13-7-6-11(14)10(3)8-13/h9-11,14H,4-8H2,1-3H3. The van der Waals surface area contributed by atoms with Gasteiger partial charge in [0.15, 0.2) is 0 Å². The van der Waals surface area contributed by atoms with E-state index in [1.807, 2.05) is 18.7 Å². The van der Waals surface area contributed by atoms with Crippen molar-refractivity contribution in [2.45, 2.75) is 46.1 Å². The van der Waals surface area contributed by atoms with E-state index in [9.17, 15) is 9.90 Å². The Morgan fingerprint density at radius 1 is 1.60 bits per heavy atom. The topological polar surface area (TPSA) is 40.5 Å². The summed E-state index contributed by atoms with van der Waals surface area (Å²) >= 11 is 0. The van der Waals surface area contributed by atoms with E-state index in [-0.39, 0.29) is 23.8 Å². The van der Waals surface area contributed by atoms with Crippen LogP contribution in [0, 0.1) is 11.8 Å². The van der Waals surface area contributed by atoms with Crippen LogP contribution in [0.15, 0.2) is 0 Å². The molecule has 1 amide bonds. The summed E-state index contributed by atoms with van der Waals surface area (Å²) in [5.74, 6) is 0.615. The molecule has 0 bridgehead atoms. The van der Waals surface area contributed by atoms with Crippen LogP contribution in [0.4, 0.5) is 0 Å². The molecular formula is C12H23NO2. The summed E-state index contributed by atoms with van der Waals surface area (Å²) in [7, 11) is 0. The summed E-state index contributed by atoms with van der Waals surface area (Å²) in [4.78, 5) is 13.9. The van der Waals surface area contributed by atoms with Crippen molar-refractivity contribution in [3.8, 4) is 0 Å². The molecule has 3 atom stereocenters. The van der Waals surface area contributed by atoms with Gasteiger partial charge in [-0.05, 0) is 18.8 Å². The van der Waals surface area contributed by atoms with Crippen LogP contribution in [0.5, 0.6) is 0 Å². The van der Waals surface area contributed by atoms with Gasteiger partial charge in [0.05, 0.1) is 6.10 Å². The summed E-state index contributed by atoms with van der Waals surface area (Å²) in [6.07, 6.45) is 2.52. The van der Waals surface area contributed by atoms with Gasteiger partial charge in [0, 0.05) is 19.0 Å². The molecule has 0 aromatic rings. The lowest BCUT2D eigenvalue weighted by Gasteiger charge is -2.35.